The second-order valence-corrected chi connectivity index (χ2v) is 25.1. The molecule has 5 heterocycles. The number of ether oxygens (including phenoxy) is 2. The first-order valence-electron chi connectivity index (χ1n) is 30.5. The van der Waals surface area contributed by atoms with Crippen LogP contribution in [0.25, 0.3) is 121 Å². The molecule has 1 atom stereocenters. The predicted octanol–water partition coefficient (Wildman–Crippen LogP) is 21.4. The highest BCUT2D eigenvalue weighted by Gasteiger charge is 2.53. The van der Waals surface area contributed by atoms with Crippen molar-refractivity contribution in [2.75, 3.05) is 0 Å². The summed E-state index contributed by atoms with van der Waals surface area (Å²) in [7, 11) is 0. The molecule has 0 saturated carbocycles. The summed E-state index contributed by atoms with van der Waals surface area (Å²) in [6.45, 7) is 0. The third-order valence-corrected chi connectivity index (χ3v) is 20.6. The number of thiophene rings is 1. The van der Waals surface area contributed by atoms with Crippen molar-refractivity contribution in [2.24, 2.45) is 0 Å². The number of hydrogen-bond donors (Lipinski definition) is 0. The molecular formula is C83H47N3O3S. The van der Waals surface area contributed by atoms with E-state index < -0.39 is 10.8 Å². The van der Waals surface area contributed by atoms with Crippen molar-refractivity contribution in [2.45, 2.75) is 10.8 Å². The lowest BCUT2D eigenvalue weighted by atomic mass is 9.66. The molecule has 3 aromatic heterocycles. The molecule has 418 valence electrons. The first-order valence-corrected chi connectivity index (χ1v) is 31.4. The summed E-state index contributed by atoms with van der Waals surface area (Å²) >= 11 is 1.81. The molecule has 7 heteroatoms. The van der Waals surface area contributed by atoms with E-state index in [2.05, 4.69) is 255 Å². The largest absolute Gasteiger partial charge is 0.457 e. The van der Waals surface area contributed by atoms with Crippen molar-refractivity contribution in [3.05, 3.63) is 330 Å². The molecule has 0 radical (unpaired) electrons. The SMILES string of the molecule is c1ccc(-c2nc(-c3ccc(-c4cccc(-c5cccc6c5-c5ccccc5C65c6ccccc6Oc6cc7oc8ccccc8c7cc65)c4)cc3)nc(-c3ccc4sc5cc6c(cc5c4c3)Oc3ccccc3C63c4ccccc4-c4ccccc43)n2)cc1. The molecular weight excluding hydrogens is 1120 g/mol. The van der Waals surface area contributed by atoms with Crippen LogP contribution in [0, 0.1) is 0 Å². The predicted molar refractivity (Wildman–Crippen MR) is 362 cm³/mol. The van der Waals surface area contributed by atoms with Crippen LogP contribution >= 0.6 is 11.3 Å². The normalized spacial score (nSPS) is 15.0. The molecule has 0 saturated heterocycles. The fourth-order valence-corrected chi connectivity index (χ4v) is 16.8. The van der Waals surface area contributed by atoms with Crippen molar-refractivity contribution >= 4 is 53.4 Å². The van der Waals surface area contributed by atoms with Gasteiger partial charge in [0, 0.05) is 76.0 Å². The first kappa shape index (κ1) is 49.6. The van der Waals surface area contributed by atoms with Crippen molar-refractivity contribution in [1.82, 2.24) is 15.0 Å². The number of hydrogen-bond acceptors (Lipinski definition) is 7. The molecule has 0 bridgehead atoms. The van der Waals surface area contributed by atoms with Gasteiger partial charge in [-0.1, -0.05) is 218 Å². The molecule has 2 aliphatic carbocycles. The van der Waals surface area contributed by atoms with Crippen molar-refractivity contribution < 1.29 is 13.9 Å². The lowest BCUT2D eigenvalue weighted by Gasteiger charge is -2.39. The van der Waals surface area contributed by atoms with Crippen LogP contribution in [0.3, 0.4) is 0 Å². The Bertz CT molecular complexity index is 5720. The van der Waals surface area contributed by atoms with Crippen LogP contribution in [-0.4, -0.2) is 15.0 Å². The summed E-state index contributed by atoms with van der Waals surface area (Å²) in [6.07, 6.45) is 0. The number of rotatable bonds is 5. The van der Waals surface area contributed by atoms with E-state index in [1.807, 2.05) is 41.7 Å². The van der Waals surface area contributed by atoms with E-state index in [9.17, 15) is 0 Å². The van der Waals surface area contributed by atoms with Gasteiger partial charge < -0.3 is 13.9 Å². The Morgan fingerprint density at radius 2 is 0.756 bits per heavy atom. The topological polar surface area (TPSA) is 70.3 Å². The Hall–Kier alpha value is -11.5. The Balaban J connectivity index is 0.681. The van der Waals surface area contributed by atoms with Crippen LogP contribution in [0.15, 0.2) is 290 Å². The molecule has 16 aromatic rings. The Kier molecular flexibility index (Phi) is 10.2. The first-order chi connectivity index (χ1) is 44.6. The molecule has 4 aliphatic rings. The second-order valence-electron chi connectivity index (χ2n) is 24.0. The average molecular weight is 1170 g/mol. The minimum atomic E-state index is -0.656. The van der Waals surface area contributed by atoms with Crippen LogP contribution in [0.5, 0.6) is 23.0 Å². The van der Waals surface area contributed by atoms with Gasteiger partial charge in [0.25, 0.3) is 0 Å². The molecule has 6 nitrogen and oxygen atoms in total. The van der Waals surface area contributed by atoms with Gasteiger partial charge in [-0.3, -0.25) is 0 Å². The zero-order valence-corrected chi connectivity index (χ0v) is 48.9. The van der Waals surface area contributed by atoms with E-state index in [0.717, 1.165) is 111 Å². The zero-order chi connectivity index (χ0) is 58.8. The Labute approximate surface area is 521 Å². The number of nitrogens with zero attached hydrogens (tertiary/aromatic N) is 3. The van der Waals surface area contributed by atoms with Gasteiger partial charge in [-0.15, -0.1) is 11.3 Å². The average Bonchev–Trinajstić information content (AvgIpc) is 1.48. The highest BCUT2D eigenvalue weighted by molar-refractivity contribution is 7.25. The molecule has 90 heavy (non-hydrogen) atoms. The van der Waals surface area contributed by atoms with Gasteiger partial charge >= 0.3 is 0 Å². The molecule has 0 N–H and O–H groups in total. The lowest BCUT2D eigenvalue weighted by Crippen LogP contribution is -2.32. The van der Waals surface area contributed by atoms with E-state index in [0.29, 0.717) is 17.5 Å². The Morgan fingerprint density at radius 3 is 1.49 bits per heavy atom. The molecule has 0 fully saturated rings. The third kappa shape index (κ3) is 6.78. The highest BCUT2D eigenvalue weighted by atomic mass is 32.1. The molecule has 0 amide bonds. The van der Waals surface area contributed by atoms with Crippen LogP contribution < -0.4 is 9.47 Å². The van der Waals surface area contributed by atoms with E-state index in [1.165, 1.54) is 59.5 Å². The standard InChI is InChI=1S/C83H47N3O3S/c1-2-18-49(19-3-1)79-84-80(86-81(85-79)53-40-41-76-60(43-53)61-45-74-69(46-77(61)90-76)82(65-30-11-14-34-71(65)88-74)62-27-8-4-22-55(62)56-23-5-9-28-63(56)82)50-38-36-48(37-39-50)51-20-16-21-52(42-51)54-26-17-32-67-78(54)58-25-6-10-29-64(58)83(67)66-31-12-15-35-72(66)89-75-47-73-59(44-68(75)83)57-24-7-13-33-70(57)87-73/h1-47H. The van der Waals surface area contributed by atoms with Crippen LogP contribution in [0.2, 0.25) is 0 Å². The zero-order valence-electron chi connectivity index (χ0n) is 48.1. The van der Waals surface area contributed by atoms with Crippen LogP contribution in [0.1, 0.15) is 44.5 Å². The van der Waals surface area contributed by atoms with Crippen LogP contribution in [-0.2, 0) is 10.8 Å². The molecule has 2 spiro atoms. The van der Waals surface area contributed by atoms with E-state index in [1.54, 1.807) is 0 Å². The van der Waals surface area contributed by atoms with E-state index in [4.69, 9.17) is 28.8 Å². The lowest BCUT2D eigenvalue weighted by molar-refractivity contribution is 0.436. The summed E-state index contributed by atoms with van der Waals surface area (Å²) in [4.78, 5) is 15.7. The third-order valence-electron chi connectivity index (χ3n) is 19.5. The van der Waals surface area contributed by atoms with Gasteiger partial charge in [-0.05, 0) is 127 Å². The van der Waals surface area contributed by atoms with Gasteiger partial charge in [-0.2, -0.15) is 0 Å². The monoisotopic (exact) mass is 1170 g/mol. The maximum Gasteiger partial charge on any atom is 0.164 e. The maximum atomic E-state index is 6.98. The fraction of sp³-hybridized carbons (Fsp3) is 0.0241. The molecule has 13 aromatic carbocycles. The number of furan rings is 1. The summed E-state index contributed by atoms with van der Waals surface area (Å²) in [6, 6.07) is 102. The maximum absolute atomic E-state index is 6.98. The fourth-order valence-electron chi connectivity index (χ4n) is 15.7. The van der Waals surface area contributed by atoms with Gasteiger partial charge in [0.05, 0.1) is 10.8 Å². The Morgan fingerprint density at radius 1 is 0.256 bits per heavy atom. The van der Waals surface area contributed by atoms with Gasteiger partial charge in [0.15, 0.2) is 17.5 Å². The van der Waals surface area contributed by atoms with Gasteiger partial charge in [0.2, 0.25) is 0 Å². The second kappa shape index (κ2) is 18.5. The summed E-state index contributed by atoms with van der Waals surface area (Å²) in [5, 5.41) is 4.42. The number of benzene rings is 13. The molecule has 20 rings (SSSR count). The van der Waals surface area contributed by atoms with E-state index >= 15 is 0 Å². The number of aromatic nitrogens is 3. The molecule has 1 unspecified atom stereocenters. The smallest absolute Gasteiger partial charge is 0.164 e. The minimum absolute atomic E-state index is 0.537. The number of para-hydroxylation sites is 3. The van der Waals surface area contributed by atoms with Crippen molar-refractivity contribution in [3.8, 4) is 102 Å². The quantitative estimate of drug-likeness (QED) is 0.171. The van der Waals surface area contributed by atoms with Crippen molar-refractivity contribution in [3.63, 3.8) is 0 Å². The number of fused-ring (bicyclic) bond motifs is 24. The van der Waals surface area contributed by atoms with Crippen LogP contribution in [0.4, 0.5) is 0 Å². The highest BCUT2D eigenvalue weighted by Crippen LogP contribution is 2.65. The van der Waals surface area contributed by atoms with Gasteiger partial charge in [0.1, 0.15) is 34.2 Å². The van der Waals surface area contributed by atoms with Gasteiger partial charge in [-0.25, -0.2) is 15.0 Å². The van der Waals surface area contributed by atoms with E-state index in [-0.39, 0.29) is 0 Å². The molecule has 2 aliphatic heterocycles. The summed E-state index contributed by atoms with van der Waals surface area (Å²) in [5.74, 6) is 5.20. The minimum Gasteiger partial charge on any atom is -0.457 e. The summed E-state index contributed by atoms with van der Waals surface area (Å²) in [5.41, 5.74) is 22.2. The summed E-state index contributed by atoms with van der Waals surface area (Å²) < 4.78 is 22.7. The van der Waals surface area contributed by atoms with Crippen molar-refractivity contribution in [1.29, 1.82) is 0 Å².